The minimum absolute atomic E-state index is 0.133. The van der Waals surface area contributed by atoms with E-state index in [1.54, 1.807) is 6.07 Å². The third-order valence-corrected chi connectivity index (χ3v) is 2.18. The molecule has 5 nitrogen and oxygen atoms in total. The summed E-state index contributed by atoms with van der Waals surface area (Å²) in [5, 5.41) is 0. The molecule has 5 heteroatoms. The molecule has 1 fully saturated rings. The van der Waals surface area contributed by atoms with E-state index in [-0.39, 0.29) is 12.1 Å². The number of rotatable bonds is 2. The normalized spacial score (nSPS) is 20.1. The second kappa shape index (κ2) is 4.27. The average Bonchev–Trinajstić information content (AvgIpc) is 2.70. The summed E-state index contributed by atoms with van der Waals surface area (Å²) in [6.07, 6.45) is 2.11. The Kier molecular flexibility index (Phi) is 2.82. The number of esters is 1. The van der Waals surface area contributed by atoms with Gasteiger partial charge in [0.1, 0.15) is 11.9 Å². The first kappa shape index (κ1) is 9.92. The summed E-state index contributed by atoms with van der Waals surface area (Å²) in [6.45, 7) is 1.13. The van der Waals surface area contributed by atoms with Crippen LogP contribution in [0, 0.1) is 0 Å². The number of ether oxygens (including phenoxy) is 2. The standard InChI is InChI=1S/C10H12N2O3/c11-9-5-7(1-3-12-9)10(13)15-8-2-4-14-6-8/h1,3,5,8H,2,4,6H2,(H2,11,12). The zero-order valence-electron chi connectivity index (χ0n) is 8.18. The highest BCUT2D eigenvalue weighted by atomic mass is 16.6. The molecule has 1 aliphatic heterocycles. The van der Waals surface area contributed by atoms with Gasteiger partial charge in [0.15, 0.2) is 0 Å². The van der Waals surface area contributed by atoms with Crippen LogP contribution >= 0.6 is 0 Å². The first-order valence-corrected chi connectivity index (χ1v) is 4.76. The number of nitrogens with zero attached hydrogens (tertiary/aromatic N) is 1. The van der Waals surface area contributed by atoms with E-state index < -0.39 is 0 Å². The molecular formula is C10H12N2O3. The van der Waals surface area contributed by atoms with Crippen LogP contribution in [0.2, 0.25) is 0 Å². The first-order chi connectivity index (χ1) is 7.25. The highest BCUT2D eigenvalue weighted by molar-refractivity contribution is 5.90. The fourth-order valence-electron chi connectivity index (χ4n) is 1.40. The summed E-state index contributed by atoms with van der Waals surface area (Å²) in [4.78, 5) is 15.4. The maximum Gasteiger partial charge on any atom is 0.338 e. The lowest BCUT2D eigenvalue weighted by Crippen LogP contribution is -2.18. The van der Waals surface area contributed by atoms with Gasteiger partial charge in [0.05, 0.1) is 18.8 Å². The van der Waals surface area contributed by atoms with E-state index in [0.717, 1.165) is 6.42 Å². The molecule has 80 valence electrons. The van der Waals surface area contributed by atoms with Crippen molar-refractivity contribution in [1.29, 1.82) is 0 Å². The molecule has 15 heavy (non-hydrogen) atoms. The van der Waals surface area contributed by atoms with Crippen LogP contribution < -0.4 is 5.73 Å². The van der Waals surface area contributed by atoms with Crippen LogP contribution in [0.3, 0.4) is 0 Å². The molecule has 0 saturated carbocycles. The number of hydrogen-bond acceptors (Lipinski definition) is 5. The van der Waals surface area contributed by atoms with Gasteiger partial charge in [-0.3, -0.25) is 0 Å². The van der Waals surface area contributed by atoms with Crippen molar-refractivity contribution in [2.45, 2.75) is 12.5 Å². The number of pyridine rings is 1. The molecule has 1 aromatic heterocycles. The van der Waals surface area contributed by atoms with Crippen LogP contribution in [0.25, 0.3) is 0 Å². The molecular weight excluding hydrogens is 196 g/mol. The predicted molar refractivity (Wildman–Crippen MR) is 53.3 cm³/mol. The van der Waals surface area contributed by atoms with Gasteiger partial charge in [-0.25, -0.2) is 9.78 Å². The van der Waals surface area contributed by atoms with Crippen molar-refractivity contribution in [3.05, 3.63) is 23.9 Å². The Hall–Kier alpha value is -1.62. The third-order valence-electron chi connectivity index (χ3n) is 2.18. The average molecular weight is 208 g/mol. The molecule has 2 N–H and O–H groups in total. The number of nitrogens with two attached hydrogens (primary N) is 1. The van der Waals surface area contributed by atoms with E-state index in [0.29, 0.717) is 24.6 Å². The molecule has 1 atom stereocenters. The zero-order valence-corrected chi connectivity index (χ0v) is 8.18. The molecule has 0 bridgehead atoms. The lowest BCUT2D eigenvalue weighted by atomic mass is 10.2. The molecule has 0 spiro atoms. The van der Waals surface area contributed by atoms with Gasteiger partial charge in [-0.15, -0.1) is 0 Å². The van der Waals surface area contributed by atoms with Gasteiger partial charge in [-0.2, -0.15) is 0 Å². The van der Waals surface area contributed by atoms with Gasteiger partial charge in [0.25, 0.3) is 0 Å². The van der Waals surface area contributed by atoms with Gasteiger partial charge >= 0.3 is 5.97 Å². The maximum absolute atomic E-state index is 11.6. The summed E-state index contributed by atoms with van der Waals surface area (Å²) in [5.74, 6) is -0.0632. The van der Waals surface area contributed by atoms with Crippen molar-refractivity contribution < 1.29 is 14.3 Å². The van der Waals surface area contributed by atoms with E-state index in [9.17, 15) is 4.79 Å². The van der Waals surface area contributed by atoms with Gasteiger partial charge in [-0.1, -0.05) is 0 Å². The quantitative estimate of drug-likeness (QED) is 0.721. The molecule has 1 unspecified atom stereocenters. The predicted octanol–water partition coefficient (Wildman–Crippen LogP) is 0.609. The molecule has 2 rings (SSSR count). The molecule has 1 aliphatic rings. The van der Waals surface area contributed by atoms with Crippen molar-refractivity contribution in [2.75, 3.05) is 18.9 Å². The number of anilines is 1. The third kappa shape index (κ3) is 2.44. The Labute approximate surface area is 87.2 Å². The molecule has 2 heterocycles. The summed E-state index contributed by atoms with van der Waals surface area (Å²) in [5.41, 5.74) is 5.89. The van der Waals surface area contributed by atoms with E-state index in [2.05, 4.69) is 4.98 Å². The van der Waals surface area contributed by atoms with Crippen LogP contribution in [0.1, 0.15) is 16.8 Å². The Morgan fingerprint density at radius 2 is 2.53 bits per heavy atom. The Morgan fingerprint density at radius 3 is 3.20 bits per heavy atom. The largest absolute Gasteiger partial charge is 0.456 e. The Balaban J connectivity index is 2.01. The van der Waals surface area contributed by atoms with E-state index >= 15 is 0 Å². The minimum atomic E-state index is -0.375. The highest BCUT2D eigenvalue weighted by Gasteiger charge is 2.20. The van der Waals surface area contributed by atoms with Gasteiger partial charge < -0.3 is 15.2 Å². The van der Waals surface area contributed by atoms with Crippen LogP contribution in [-0.4, -0.2) is 30.3 Å². The number of nitrogen functional groups attached to an aromatic ring is 1. The van der Waals surface area contributed by atoms with Crippen LogP contribution in [0.5, 0.6) is 0 Å². The van der Waals surface area contributed by atoms with Crippen molar-refractivity contribution in [1.82, 2.24) is 4.98 Å². The lowest BCUT2D eigenvalue weighted by Gasteiger charge is -2.09. The number of aromatic nitrogens is 1. The van der Waals surface area contributed by atoms with Crippen LogP contribution in [0.4, 0.5) is 5.82 Å². The Bertz CT molecular complexity index is 361. The smallest absolute Gasteiger partial charge is 0.338 e. The second-order valence-corrected chi connectivity index (χ2v) is 3.36. The SMILES string of the molecule is Nc1cc(C(=O)OC2CCOC2)ccn1. The molecule has 1 aromatic rings. The first-order valence-electron chi connectivity index (χ1n) is 4.76. The van der Waals surface area contributed by atoms with Gasteiger partial charge in [-0.05, 0) is 12.1 Å². The van der Waals surface area contributed by atoms with Crippen molar-refractivity contribution in [3.8, 4) is 0 Å². The number of hydrogen-bond donors (Lipinski definition) is 1. The topological polar surface area (TPSA) is 74.4 Å². The summed E-state index contributed by atoms with van der Waals surface area (Å²) >= 11 is 0. The summed E-state index contributed by atoms with van der Waals surface area (Å²) in [7, 11) is 0. The van der Waals surface area contributed by atoms with Crippen molar-refractivity contribution in [3.63, 3.8) is 0 Å². The van der Waals surface area contributed by atoms with E-state index in [1.165, 1.54) is 12.3 Å². The Morgan fingerprint density at radius 1 is 1.67 bits per heavy atom. The van der Waals surface area contributed by atoms with Crippen LogP contribution in [0.15, 0.2) is 18.3 Å². The van der Waals surface area contributed by atoms with Crippen molar-refractivity contribution >= 4 is 11.8 Å². The monoisotopic (exact) mass is 208 g/mol. The summed E-state index contributed by atoms with van der Waals surface area (Å²) < 4.78 is 10.3. The van der Waals surface area contributed by atoms with Crippen LogP contribution in [-0.2, 0) is 9.47 Å². The molecule has 0 radical (unpaired) electrons. The minimum Gasteiger partial charge on any atom is -0.456 e. The maximum atomic E-state index is 11.6. The second-order valence-electron chi connectivity index (χ2n) is 3.36. The fraction of sp³-hybridized carbons (Fsp3) is 0.400. The molecule has 0 aliphatic carbocycles. The van der Waals surface area contributed by atoms with Gasteiger partial charge in [0.2, 0.25) is 0 Å². The molecule has 0 aromatic carbocycles. The fourth-order valence-corrected chi connectivity index (χ4v) is 1.40. The number of carbonyl (C=O) groups is 1. The van der Waals surface area contributed by atoms with E-state index in [1.807, 2.05) is 0 Å². The zero-order chi connectivity index (χ0) is 10.7. The van der Waals surface area contributed by atoms with E-state index in [4.69, 9.17) is 15.2 Å². The highest BCUT2D eigenvalue weighted by Crippen LogP contribution is 2.12. The van der Waals surface area contributed by atoms with Gasteiger partial charge in [0, 0.05) is 12.6 Å². The number of carbonyl (C=O) groups excluding carboxylic acids is 1. The summed E-state index contributed by atoms with van der Waals surface area (Å²) in [6, 6.07) is 3.08. The molecule has 1 saturated heterocycles. The lowest BCUT2D eigenvalue weighted by molar-refractivity contribution is 0.0270. The van der Waals surface area contributed by atoms with Crippen molar-refractivity contribution in [2.24, 2.45) is 0 Å². The molecule has 0 amide bonds.